The molecule has 0 atom stereocenters. The second-order valence-corrected chi connectivity index (χ2v) is 7.21. The number of fused-ring (bicyclic) bond motifs is 1. The quantitative estimate of drug-likeness (QED) is 0.867. The van der Waals surface area contributed by atoms with E-state index in [9.17, 15) is 21.6 Å². The molecule has 0 spiro atoms. The molecule has 2 N–H and O–H groups in total. The molecule has 8 heteroatoms. The van der Waals surface area contributed by atoms with E-state index >= 15 is 0 Å². The summed E-state index contributed by atoms with van der Waals surface area (Å²) in [5, 5.41) is 0. The highest BCUT2D eigenvalue weighted by Crippen LogP contribution is 2.34. The largest absolute Gasteiger partial charge is 0.398 e. The van der Waals surface area contributed by atoms with Gasteiger partial charge in [-0.3, -0.25) is 4.31 Å². The van der Waals surface area contributed by atoms with Crippen LogP contribution in [0.1, 0.15) is 24.0 Å². The Balaban J connectivity index is 2.15. The van der Waals surface area contributed by atoms with Gasteiger partial charge in [-0.1, -0.05) is 6.07 Å². The number of anilines is 2. The number of benzene rings is 1. The van der Waals surface area contributed by atoms with Crippen molar-refractivity contribution in [3.8, 4) is 0 Å². The Labute approximate surface area is 121 Å². The Kier molecular flexibility index (Phi) is 4.10. The van der Waals surface area contributed by atoms with Crippen molar-refractivity contribution >= 4 is 21.4 Å². The highest BCUT2D eigenvalue weighted by molar-refractivity contribution is 7.92. The Morgan fingerprint density at radius 3 is 2.62 bits per heavy atom. The van der Waals surface area contributed by atoms with Crippen LogP contribution in [0.15, 0.2) is 12.1 Å². The van der Waals surface area contributed by atoms with Crippen molar-refractivity contribution in [3.63, 3.8) is 0 Å². The monoisotopic (exact) mass is 322 g/mol. The minimum absolute atomic E-state index is 0.257. The van der Waals surface area contributed by atoms with E-state index in [4.69, 9.17) is 5.73 Å². The molecule has 0 aliphatic carbocycles. The predicted octanol–water partition coefficient (Wildman–Crippen LogP) is 2.61. The van der Waals surface area contributed by atoms with E-state index in [0.29, 0.717) is 17.8 Å². The second-order valence-electron chi connectivity index (χ2n) is 5.19. The van der Waals surface area contributed by atoms with Crippen molar-refractivity contribution < 1.29 is 21.6 Å². The summed E-state index contributed by atoms with van der Waals surface area (Å²) in [6.07, 6.45) is -5.31. The summed E-state index contributed by atoms with van der Waals surface area (Å²) >= 11 is 0. The fourth-order valence-electron chi connectivity index (χ4n) is 2.40. The summed E-state index contributed by atoms with van der Waals surface area (Å²) in [6.45, 7) is 2.09. The molecule has 21 heavy (non-hydrogen) atoms. The maximum atomic E-state index is 12.2. The maximum Gasteiger partial charge on any atom is 0.389 e. The first kappa shape index (κ1) is 15.9. The number of sulfonamides is 1. The van der Waals surface area contributed by atoms with Gasteiger partial charge in [-0.2, -0.15) is 13.2 Å². The molecule has 0 saturated heterocycles. The van der Waals surface area contributed by atoms with E-state index < -0.39 is 34.8 Å². The van der Waals surface area contributed by atoms with Crippen molar-refractivity contribution in [2.45, 2.75) is 32.4 Å². The molecule has 1 heterocycles. The topological polar surface area (TPSA) is 63.4 Å². The smallest absolute Gasteiger partial charge is 0.389 e. The lowest BCUT2D eigenvalue weighted by molar-refractivity contribution is -0.134. The lowest BCUT2D eigenvalue weighted by Gasteiger charge is -2.20. The normalized spacial score (nSPS) is 15.3. The third-order valence-electron chi connectivity index (χ3n) is 3.52. The number of aryl methyl sites for hydroxylation is 1. The molecule has 4 nitrogen and oxygen atoms in total. The number of rotatable bonds is 4. The van der Waals surface area contributed by atoms with Gasteiger partial charge in [0.25, 0.3) is 0 Å². The summed E-state index contributed by atoms with van der Waals surface area (Å²) < 4.78 is 61.9. The van der Waals surface area contributed by atoms with Gasteiger partial charge in [0.2, 0.25) is 10.0 Å². The molecular weight excluding hydrogens is 305 g/mol. The molecule has 0 aromatic heterocycles. The maximum absolute atomic E-state index is 12.2. The van der Waals surface area contributed by atoms with E-state index in [-0.39, 0.29) is 6.54 Å². The van der Waals surface area contributed by atoms with E-state index in [1.165, 1.54) is 4.31 Å². The summed E-state index contributed by atoms with van der Waals surface area (Å²) in [5.74, 6) is -0.514. The van der Waals surface area contributed by atoms with Crippen LogP contribution in [-0.2, 0) is 16.4 Å². The Morgan fingerprint density at radius 2 is 2.00 bits per heavy atom. The third kappa shape index (κ3) is 3.61. The first-order valence-corrected chi connectivity index (χ1v) is 8.17. The van der Waals surface area contributed by atoms with Crippen LogP contribution < -0.4 is 10.0 Å². The highest BCUT2D eigenvalue weighted by Gasteiger charge is 2.32. The standard InChI is InChI=1S/C13H17F3N2O2S/c1-9-7-10-3-5-18(12(10)8-11(9)17)21(19,20)6-2-4-13(14,15)16/h7-8H,2-6,17H2,1H3. The summed E-state index contributed by atoms with van der Waals surface area (Å²) in [7, 11) is -3.75. The lowest BCUT2D eigenvalue weighted by atomic mass is 10.1. The van der Waals surface area contributed by atoms with Crippen LogP contribution in [0.5, 0.6) is 0 Å². The first-order chi connectivity index (χ1) is 9.60. The predicted molar refractivity (Wildman–Crippen MR) is 75.7 cm³/mol. The molecule has 0 saturated carbocycles. The first-order valence-electron chi connectivity index (χ1n) is 6.56. The molecule has 1 aliphatic rings. The van der Waals surface area contributed by atoms with E-state index in [1.54, 1.807) is 6.07 Å². The van der Waals surface area contributed by atoms with E-state index in [1.807, 2.05) is 13.0 Å². The number of hydrogen-bond acceptors (Lipinski definition) is 3. The molecule has 0 amide bonds. The zero-order chi connectivity index (χ0) is 15.8. The van der Waals surface area contributed by atoms with Crippen LogP contribution in [0.3, 0.4) is 0 Å². The molecular formula is C13H17F3N2O2S. The minimum Gasteiger partial charge on any atom is -0.398 e. The molecule has 118 valence electrons. The van der Waals surface area contributed by atoms with Crippen molar-refractivity contribution in [3.05, 3.63) is 23.3 Å². The van der Waals surface area contributed by atoms with E-state index in [0.717, 1.165) is 11.1 Å². The van der Waals surface area contributed by atoms with Crippen LogP contribution >= 0.6 is 0 Å². The average Bonchev–Trinajstić information content (AvgIpc) is 2.71. The lowest BCUT2D eigenvalue weighted by Crippen LogP contribution is -2.31. The molecule has 1 aromatic rings. The van der Waals surface area contributed by atoms with Gasteiger partial charge in [0.1, 0.15) is 0 Å². The van der Waals surface area contributed by atoms with Crippen molar-refractivity contribution in [2.24, 2.45) is 0 Å². The number of hydrogen-bond donors (Lipinski definition) is 1. The van der Waals surface area contributed by atoms with E-state index in [2.05, 4.69) is 0 Å². The van der Waals surface area contributed by atoms with Gasteiger partial charge in [0.05, 0.1) is 11.4 Å². The van der Waals surface area contributed by atoms with Crippen molar-refractivity contribution in [2.75, 3.05) is 22.3 Å². The summed E-state index contributed by atoms with van der Waals surface area (Å²) in [4.78, 5) is 0. The number of nitrogens with two attached hydrogens (primary N) is 1. The van der Waals surface area contributed by atoms with Gasteiger partial charge >= 0.3 is 6.18 Å². The second kappa shape index (κ2) is 5.40. The molecule has 0 radical (unpaired) electrons. The number of halogens is 3. The highest BCUT2D eigenvalue weighted by atomic mass is 32.2. The van der Waals surface area contributed by atoms with Crippen LogP contribution in [0.25, 0.3) is 0 Å². The average molecular weight is 322 g/mol. The van der Waals surface area contributed by atoms with Gasteiger partial charge in [-0.05, 0) is 37.0 Å². The third-order valence-corrected chi connectivity index (χ3v) is 5.37. The number of alkyl halides is 3. The van der Waals surface area contributed by atoms with Gasteiger partial charge in [-0.25, -0.2) is 8.42 Å². The molecule has 2 rings (SSSR count). The van der Waals surface area contributed by atoms with Crippen LogP contribution in [-0.4, -0.2) is 26.9 Å². The number of nitrogens with zero attached hydrogens (tertiary/aromatic N) is 1. The van der Waals surface area contributed by atoms with Gasteiger partial charge in [0, 0.05) is 18.7 Å². The van der Waals surface area contributed by atoms with Crippen molar-refractivity contribution in [1.29, 1.82) is 0 Å². The van der Waals surface area contributed by atoms with Gasteiger partial charge < -0.3 is 5.73 Å². The Bertz CT molecular complexity index is 642. The molecule has 1 aromatic carbocycles. The molecule has 0 unspecified atom stereocenters. The Hall–Kier alpha value is -1.44. The van der Waals surface area contributed by atoms with Gasteiger partial charge in [0.15, 0.2) is 0 Å². The van der Waals surface area contributed by atoms with Crippen LogP contribution in [0, 0.1) is 6.92 Å². The molecule has 0 bridgehead atoms. The van der Waals surface area contributed by atoms with Crippen LogP contribution in [0.4, 0.5) is 24.5 Å². The fourth-order valence-corrected chi connectivity index (χ4v) is 3.97. The molecule has 0 fully saturated rings. The van der Waals surface area contributed by atoms with Gasteiger partial charge in [-0.15, -0.1) is 0 Å². The Morgan fingerprint density at radius 1 is 1.33 bits per heavy atom. The van der Waals surface area contributed by atoms with Crippen molar-refractivity contribution in [1.82, 2.24) is 0 Å². The molecule has 1 aliphatic heterocycles. The number of nitrogen functional groups attached to an aromatic ring is 1. The zero-order valence-corrected chi connectivity index (χ0v) is 12.4. The zero-order valence-electron chi connectivity index (χ0n) is 11.6. The summed E-state index contributed by atoms with van der Waals surface area (Å²) in [5.41, 5.74) is 8.48. The fraction of sp³-hybridized carbons (Fsp3) is 0.538. The summed E-state index contributed by atoms with van der Waals surface area (Å²) in [6, 6.07) is 3.41. The minimum atomic E-state index is -4.33. The SMILES string of the molecule is Cc1cc2c(cc1N)N(S(=O)(=O)CCCC(F)(F)F)CC2. The van der Waals surface area contributed by atoms with Crippen LogP contribution in [0.2, 0.25) is 0 Å².